The van der Waals surface area contributed by atoms with Crippen LogP contribution < -0.4 is 16.0 Å². The maximum absolute atomic E-state index is 11.9. The van der Waals surface area contributed by atoms with Gasteiger partial charge in [0.15, 0.2) is 6.23 Å². The predicted molar refractivity (Wildman–Crippen MR) is 86.2 cm³/mol. The van der Waals surface area contributed by atoms with Crippen LogP contribution in [0.4, 0.5) is 0 Å². The number of hydrogen-bond donors (Lipinski definition) is 5. The molecule has 1 aliphatic heterocycles. The van der Waals surface area contributed by atoms with Gasteiger partial charge < -0.3 is 46.1 Å². The van der Waals surface area contributed by atoms with Crippen LogP contribution in [0.3, 0.4) is 0 Å². The normalized spacial score (nSPS) is 28.1. The fourth-order valence-corrected chi connectivity index (χ4v) is 3.98. The first kappa shape index (κ1) is 22.0. The van der Waals surface area contributed by atoms with Crippen LogP contribution in [0, 0.1) is 0 Å². The molecule has 3 radical (unpaired) electrons. The van der Waals surface area contributed by atoms with Gasteiger partial charge in [0, 0.05) is 0 Å². The van der Waals surface area contributed by atoms with Crippen molar-refractivity contribution < 1.29 is 47.4 Å². The third-order valence-electron chi connectivity index (χ3n) is 3.41. The first-order valence-corrected chi connectivity index (χ1v) is 10.2. The molecule has 0 aliphatic carbocycles. The zero-order valence-electron chi connectivity index (χ0n) is 13.6. The number of H-pyrrole nitrogens is 1. The van der Waals surface area contributed by atoms with E-state index in [-0.39, 0.29) is 5.75 Å². The maximum atomic E-state index is 11.9. The quantitative estimate of drug-likeness (QED) is 0.227. The molecule has 1 aromatic rings. The maximum Gasteiger partial charge on any atom is 0.474 e. The number of methoxy groups -OCH3 is 1. The molecule has 1 aromatic heterocycles. The van der Waals surface area contributed by atoms with Gasteiger partial charge in [0.2, 0.25) is 5.75 Å². The smallest absolute Gasteiger partial charge is 0.474 e. The predicted octanol–water partition coefficient (Wildman–Crippen LogP) is -2.43. The zero-order valence-corrected chi connectivity index (χ0v) is 15.4. The average molecular weight is 428 g/mol. The van der Waals surface area contributed by atoms with E-state index in [9.17, 15) is 28.9 Å². The first-order valence-electron chi connectivity index (χ1n) is 7.06. The monoisotopic (exact) mass is 428 g/mol. The number of hydrogen-bond acceptors (Lipinski definition) is 10. The highest BCUT2D eigenvalue weighted by Gasteiger charge is 2.44. The van der Waals surface area contributed by atoms with Gasteiger partial charge in [0.25, 0.3) is 5.56 Å². The molecule has 5 N–H and O–H groups in total. The molecule has 17 heteroatoms. The van der Waals surface area contributed by atoms with E-state index in [1.165, 1.54) is 0 Å². The Labute approximate surface area is 151 Å². The third-order valence-corrected chi connectivity index (χ3v) is 5.68. The zero-order chi connectivity index (χ0) is 20.6. The van der Waals surface area contributed by atoms with E-state index in [0.29, 0.717) is 0 Å². The third kappa shape index (κ3) is 5.38. The molecule has 0 aromatic carbocycles. The van der Waals surface area contributed by atoms with Gasteiger partial charge in [-0.3, -0.25) is 14.3 Å². The Kier molecular flexibility index (Phi) is 6.52. The number of aliphatic hydroxyl groups is 2. The second-order valence-corrected chi connectivity index (χ2v) is 8.29. The number of nitrogens with one attached hydrogen (secondary N) is 1. The summed E-state index contributed by atoms with van der Waals surface area (Å²) in [6.45, 7) is -0.808. The Morgan fingerprint density at radius 3 is 2.48 bits per heavy atom. The molecule has 14 nitrogen and oxygen atoms in total. The summed E-state index contributed by atoms with van der Waals surface area (Å²) in [6, 6.07) is 0. The van der Waals surface area contributed by atoms with E-state index >= 15 is 0 Å². The summed E-state index contributed by atoms with van der Waals surface area (Å²) in [7, 11) is -3.76. The Bertz CT molecular complexity index is 895. The minimum absolute atomic E-state index is 0.277. The molecule has 5 atom stereocenters. The summed E-state index contributed by atoms with van der Waals surface area (Å²) in [6.07, 6.45) is -5.32. The van der Waals surface area contributed by atoms with Crippen LogP contribution in [0.5, 0.6) is 5.75 Å². The number of ether oxygens (including phenoxy) is 2. The van der Waals surface area contributed by atoms with Crippen LogP contribution in [0.1, 0.15) is 6.23 Å². The lowest BCUT2D eigenvalue weighted by molar-refractivity contribution is -0.0522. The molecule has 2 heterocycles. The average Bonchev–Trinajstić information content (AvgIpc) is 2.79. The minimum Gasteiger partial charge on any atom is -0.490 e. The lowest BCUT2D eigenvalue weighted by atomic mass is 10.1. The highest BCUT2D eigenvalue weighted by atomic mass is 31.3. The number of rotatable bonds is 7. The van der Waals surface area contributed by atoms with Crippen molar-refractivity contribution in [3.05, 3.63) is 27.0 Å². The van der Waals surface area contributed by atoms with Crippen molar-refractivity contribution >= 4 is 22.9 Å². The van der Waals surface area contributed by atoms with Crippen LogP contribution in [-0.2, 0) is 22.7 Å². The lowest BCUT2D eigenvalue weighted by Gasteiger charge is -2.28. The summed E-state index contributed by atoms with van der Waals surface area (Å²) in [5.74, 6) is -0.277. The van der Waals surface area contributed by atoms with Crippen molar-refractivity contribution in [3.63, 3.8) is 0 Å². The summed E-state index contributed by atoms with van der Waals surface area (Å²) >= 11 is 0. The number of nitrogens with zero attached hydrogens (tertiary/aromatic N) is 1. The number of aromatic nitrogens is 2. The van der Waals surface area contributed by atoms with Gasteiger partial charge in [0.1, 0.15) is 18.3 Å². The summed E-state index contributed by atoms with van der Waals surface area (Å²) < 4.78 is 41.4. The molecule has 2 rings (SSSR count). The second kappa shape index (κ2) is 7.99. The van der Waals surface area contributed by atoms with Crippen LogP contribution in [0.25, 0.3) is 0 Å². The number of aliphatic hydroxyl groups excluding tert-OH is 2. The van der Waals surface area contributed by atoms with E-state index < -0.39 is 57.7 Å². The molecule has 0 spiro atoms. The van der Waals surface area contributed by atoms with E-state index in [2.05, 4.69) is 8.83 Å². The van der Waals surface area contributed by atoms with Gasteiger partial charge in [-0.15, -0.1) is 0 Å². The Balaban J connectivity index is 2.17. The summed E-state index contributed by atoms with van der Waals surface area (Å²) in [5.41, 5.74) is -1.81. The molecular weight excluding hydrogens is 413 g/mol. The molecule has 151 valence electrons. The highest BCUT2D eigenvalue weighted by Crippen LogP contribution is 2.57. The molecule has 0 bridgehead atoms. The van der Waals surface area contributed by atoms with Gasteiger partial charge in [-0.25, -0.2) is 13.7 Å². The molecule has 1 unspecified atom stereocenters. The van der Waals surface area contributed by atoms with E-state index in [1.54, 1.807) is 0 Å². The standard InChI is InChI=1S/C10H15BN2O12P2/c1-22-4-2-13(10(17)12-8(4)16)9-7(15)6(14)5(24-9)3-23-26(11,18)25-27(19,20)21/h2,5-7,9,14-15H,3H2,1H3,(H,12,16,17)(H2,19,20,21)/q-1/t5-,6-,7-,9-,26?/m1/s1. The van der Waals surface area contributed by atoms with Crippen LogP contribution >= 0.6 is 15.3 Å². The van der Waals surface area contributed by atoms with E-state index in [1.807, 2.05) is 4.98 Å². The topological polar surface area (TPSA) is 207 Å². The lowest BCUT2D eigenvalue weighted by Crippen LogP contribution is -2.38. The molecule has 0 saturated carbocycles. The van der Waals surface area contributed by atoms with Gasteiger partial charge >= 0.3 is 13.5 Å². The summed E-state index contributed by atoms with van der Waals surface area (Å²) in [4.78, 5) is 42.5. The van der Waals surface area contributed by atoms with Crippen molar-refractivity contribution in [2.75, 3.05) is 13.7 Å². The van der Waals surface area contributed by atoms with Gasteiger partial charge in [-0.2, -0.15) is 0 Å². The Hall–Kier alpha value is -1.28. The summed E-state index contributed by atoms with van der Waals surface area (Å²) in [5, 5.41) is 20.1. The van der Waals surface area contributed by atoms with Crippen LogP contribution in [0.15, 0.2) is 15.8 Å². The molecule has 1 aliphatic rings. The Morgan fingerprint density at radius 1 is 1.30 bits per heavy atom. The van der Waals surface area contributed by atoms with Crippen molar-refractivity contribution in [2.45, 2.75) is 24.5 Å². The van der Waals surface area contributed by atoms with Crippen molar-refractivity contribution in [1.82, 2.24) is 9.55 Å². The Morgan fingerprint density at radius 2 is 1.93 bits per heavy atom. The fourth-order valence-electron chi connectivity index (χ4n) is 2.25. The van der Waals surface area contributed by atoms with Crippen LogP contribution in [-0.4, -0.2) is 69.1 Å². The van der Waals surface area contributed by atoms with Crippen molar-refractivity contribution in [2.24, 2.45) is 0 Å². The molecule has 0 amide bonds. The fraction of sp³-hybridized carbons (Fsp3) is 0.600. The molecule has 27 heavy (non-hydrogen) atoms. The van der Waals surface area contributed by atoms with Gasteiger partial charge in [0.05, 0.1) is 27.4 Å². The van der Waals surface area contributed by atoms with Crippen molar-refractivity contribution in [3.8, 4) is 5.75 Å². The van der Waals surface area contributed by atoms with Crippen molar-refractivity contribution in [1.29, 1.82) is 0 Å². The van der Waals surface area contributed by atoms with E-state index in [0.717, 1.165) is 17.9 Å². The minimum atomic E-state index is -5.22. The van der Waals surface area contributed by atoms with Gasteiger partial charge in [-0.05, 0) is 0 Å². The number of phosphoric acid groups is 1. The van der Waals surface area contributed by atoms with Crippen LogP contribution in [0.2, 0.25) is 0 Å². The molecule has 1 saturated heterocycles. The highest BCUT2D eigenvalue weighted by molar-refractivity contribution is 7.83. The molecular formula is C10H15BN2O12P2-. The first-order chi connectivity index (χ1) is 12.3. The second-order valence-electron chi connectivity index (χ2n) is 5.32. The SMILES string of the molecule is [B-]P(=O)(OC[C@H]1O[C@@H](n2cc(OC)c(=O)[nH]c2=O)[C@H](O)[C@@H]1O)OP(=O)(O)O. The van der Waals surface area contributed by atoms with E-state index in [4.69, 9.17) is 26.8 Å². The number of aromatic amines is 1. The van der Waals surface area contributed by atoms with Gasteiger partial charge in [-0.1, -0.05) is 0 Å². The molecule has 1 fully saturated rings. The largest absolute Gasteiger partial charge is 0.490 e.